The number of carbonyl (C=O) groups excluding carboxylic acids is 3. The van der Waals surface area contributed by atoms with Crippen LogP contribution in [-0.4, -0.2) is 41.5 Å². The van der Waals surface area contributed by atoms with Crippen LogP contribution < -0.4 is 5.32 Å². The molecular formula is C14H20N2O4. The topological polar surface area (TPSA) is 75.7 Å². The van der Waals surface area contributed by atoms with Crippen molar-refractivity contribution in [1.29, 1.82) is 0 Å². The Bertz CT molecular complexity index is 450. The minimum atomic E-state index is -0.701. The van der Waals surface area contributed by atoms with Crippen molar-refractivity contribution in [3.63, 3.8) is 0 Å². The number of nitrogens with one attached hydrogen (secondary N) is 1. The Hall–Kier alpha value is -1.43. The minimum Gasteiger partial charge on any atom is -0.379 e. The zero-order valence-corrected chi connectivity index (χ0v) is 11.7. The molecule has 20 heavy (non-hydrogen) atoms. The zero-order valence-electron chi connectivity index (χ0n) is 11.7. The van der Waals surface area contributed by atoms with Crippen molar-refractivity contribution in [2.75, 3.05) is 13.2 Å². The van der Waals surface area contributed by atoms with E-state index in [4.69, 9.17) is 4.74 Å². The number of ether oxygens (including phenoxy) is 1. The molecule has 3 rings (SSSR count). The fourth-order valence-electron chi connectivity index (χ4n) is 3.64. The molecule has 2 heterocycles. The van der Waals surface area contributed by atoms with E-state index in [1.807, 2.05) is 6.92 Å². The third kappa shape index (κ3) is 2.02. The van der Waals surface area contributed by atoms with Crippen LogP contribution >= 0.6 is 0 Å². The van der Waals surface area contributed by atoms with Crippen LogP contribution in [0, 0.1) is 11.8 Å². The molecule has 0 bridgehead atoms. The molecule has 2 aliphatic heterocycles. The summed E-state index contributed by atoms with van der Waals surface area (Å²) < 4.78 is 5.34. The molecule has 4 amide bonds. The molecule has 0 radical (unpaired) electrons. The van der Waals surface area contributed by atoms with E-state index in [2.05, 4.69) is 5.32 Å². The Morgan fingerprint density at radius 2 is 1.95 bits per heavy atom. The lowest BCUT2D eigenvalue weighted by Gasteiger charge is -2.41. The van der Waals surface area contributed by atoms with Gasteiger partial charge in [-0.3, -0.25) is 19.8 Å². The quantitative estimate of drug-likeness (QED) is 0.767. The normalized spacial score (nSPS) is 35.8. The fourth-order valence-corrected chi connectivity index (χ4v) is 3.64. The molecule has 2 saturated heterocycles. The van der Waals surface area contributed by atoms with E-state index in [1.54, 1.807) is 0 Å². The summed E-state index contributed by atoms with van der Waals surface area (Å²) in [5.41, 5.74) is -0.626. The van der Waals surface area contributed by atoms with Gasteiger partial charge >= 0.3 is 6.03 Å². The van der Waals surface area contributed by atoms with Crippen molar-refractivity contribution < 1.29 is 19.1 Å². The minimum absolute atomic E-state index is 0.0732. The van der Waals surface area contributed by atoms with E-state index >= 15 is 0 Å². The number of hydrogen-bond donors (Lipinski definition) is 1. The van der Waals surface area contributed by atoms with Gasteiger partial charge in [0.05, 0.1) is 12.1 Å². The fraction of sp³-hybridized carbons (Fsp3) is 0.786. The standard InChI is InChI=1S/C14H20N2O4/c1-14(6-7-20-8-14)16-12(18)10(9-4-2-3-5-9)11(17)15-13(16)19/h9-10H,2-8H2,1H3,(H,15,17,19). The lowest BCUT2D eigenvalue weighted by atomic mass is 9.85. The van der Waals surface area contributed by atoms with Gasteiger partial charge in [-0.1, -0.05) is 12.8 Å². The van der Waals surface area contributed by atoms with Crippen molar-refractivity contribution >= 4 is 17.8 Å². The van der Waals surface area contributed by atoms with Crippen LogP contribution in [0.4, 0.5) is 4.79 Å². The number of carbonyl (C=O) groups is 3. The van der Waals surface area contributed by atoms with Crippen LogP contribution in [0.25, 0.3) is 0 Å². The van der Waals surface area contributed by atoms with Gasteiger partial charge in [0.2, 0.25) is 11.8 Å². The number of rotatable bonds is 2. The number of urea groups is 1. The van der Waals surface area contributed by atoms with Gasteiger partial charge in [0.25, 0.3) is 0 Å². The predicted octanol–water partition coefficient (Wildman–Crippen LogP) is 1.05. The molecule has 2 unspecified atom stereocenters. The summed E-state index contributed by atoms with van der Waals surface area (Å²) in [5.74, 6) is -1.39. The van der Waals surface area contributed by atoms with Gasteiger partial charge in [-0.25, -0.2) is 4.79 Å². The van der Waals surface area contributed by atoms with Gasteiger partial charge in [0.15, 0.2) is 0 Å². The molecular weight excluding hydrogens is 260 g/mol. The highest BCUT2D eigenvalue weighted by Gasteiger charge is 2.52. The summed E-state index contributed by atoms with van der Waals surface area (Å²) in [6.07, 6.45) is 4.50. The molecule has 0 spiro atoms. The van der Waals surface area contributed by atoms with Crippen LogP contribution in [0.1, 0.15) is 39.0 Å². The first-order chi connectivity index (χ1) is 9.53. The summed E-state index contributed by atoms with van der Waals surface area (Å²) in [5, 5.41) is 2.36. The average Bonchev–Trinajstić information content (AvgIpc) is 3.00. The van der Waals surface area contributed by atoms with Gasteiger partial charge < -0.3 is 4.74 Å². The first-order valence-corrected chi connectivity index (χ1v) is 7.29. The zero-order chi connectivity index (χ0) is 14.3. The predicted molar refractivity (Wildman–Crippen MR) is 69.7 cm³/mol. The third-order valence-corrected chi connectivity index (χ3v) is 4.81. The first-order valence-electron chi connectivity index (χ1n) is 7.29. The molecule has 2 atom stereocenters. The number of imide groups is 2. The van der Waals surface area contributed by atoms with Gasteiger partial charge in [0.1, 0.15) is 5.92 Å². The molecule has 3 aliphatic rings. The van der Waals surface area contributed by atoms with Crippen molar-refractivity contribution in [1.82, 2.24) is 10.2 Å². The van der Waals surface area contributed by atoms with Gasteiger partial charge in [0, 0.05) is 6.61 Å². The molecule has 6 nitrogen and oxygen atoms in total. The average molecular weight is 280 g/mol. The van der Waals surface area contributed by atoms with Gasteiger partial charge in [-0.2, -0.15) is 0 Å². The summed E-state index contributed by atoms with van der Waals surface area (Å²) in [6.45, 7) is 2.73. The Balaban J connectivity index is 1.88. The Labute approximate surface area is 117 Å². The second-order valence-electron chi connectivity index (χ2n) is 6.29. The molecule has 0 aromatic carbocycles. The molecule has 6 heteroatoms. The second-order valence-corrected chi connectivity index (χ2v) is 6.29. The molecule has 110 valence electrons. The van der Waals surface area contributed by atoms with E-state index in [1.165, 1.54) is 4.90 Å². The second kappa shape index (κ2) is 4.84. The van der Waals surface area contributed by atoms with Crippen molar-refractivity contribution in [3.05, 3.63) is 0 Å². The highest BCUT2D eigenvalue weighted by atomic mass is 16.5. The monoisotopic (exact) mass is 280 g/mol. The number of nitrogens with zero attached hydrogens (tertiary/aromatic N) is 1. The van der Waals surface area contributed by atoms with Crippen molar-refractivity contribution in [2.45, 2.75) is 44.6 Å². The number of barbiturate groups is 1. The van der Waals surface area contributed by atoms with Crippen LogP contribution in [0.5, 0.6) is 0 Å². The highest BCUT2D eigenvalue weighted by Crippen LogP contribution is 2.37. The number of amides is 4. The van der Waals surface area contributed by atoms with E-state index in [9.17, 15) is 14.4 Å². The molecule has 1 N–H and O–H groups in total. The maximum absolute atomic E-state index is 12.7. The Morgan fingerprint density at radius 1 is 1.25 bits per heavy atom. The van der Waals surface area contributed by atoms with Crippen LogP contribution in [-0.2, 0) is 14.3 Å². The van der Waals surface area contributed by atoms with E-state index < -0.39 is 23.4 Å². The van der Waals surface area contributed by atoms with E-state index in [-0.39, 0.29) is 11.8 Å². The molecule has 1 aliphatic carbocycles. The summed E-state index contributed by atoms with van der Waals surface area (Å²) in [7, 11) is 0. The summed E-state index contributed by atoms with van der Waals surface area (Å²) in [6, 6.07) is -0.595. The van der Waals surface area contributed by atoms with Crippen molar-refractivity contribution in [3.8, 4) is 0 Å². The lowest BCUT2D eigenvalue weighted by molar-refractivity contribution is -0.148. The Morgan fingerprint density at radius 3 is 2.55 bits per heavy atom. The maximum Gasteiger partial charge on any atom is 0.331 e. The largest absolute Gasteiger partial charge is 0.379 e. The molecule has 0 aromatic rings. The van der Waals surface area contributed by atoms with Gasteiger partial charge in [-0.15, -0.1) is 0 Å². The smallest absolute Gasteiger partial charge is 0.331 e. The molecule has 0 aromatic heterocycles. The van der Waals surface area contributed by atoms with Crippen LogP contribution in [0.15, 0.2) is 0 Å². The summed E-state index contributed by atoms with van der Waals surface area (Å²) in [4.78, 5) is 38.1. The maximum atomic E-state index is 12.7. The van der Waals surface area contributed by atoms with Crippen molar-refractivity contribution in [2.24, 2.45) is 11.8 Å². The third-order valence-electron chi connectivity index (χ3n) is 4.81. The van der Waals surface area contributed by atoms with Crippen LogP contribution in [0.2, 0.25) is 0 Å². The first kappa shape index (κ1) is 13.5. The highest BCUT2D eigenvalue weighted by molar-refractivity contribution is 6.16. The van der Waals surface area contributed by atoms with E-state index in [0.29, 0.717) is 19.6 Å². The SMILES string of the molecule is CC1(N2C(=O)NC(=O)C(C3CCCC3)C2=O)CCOC1. The number of hydrogen-bond acceptors (Lipinski definition) is 4. The van der Waals surface area contributed by atoms with Gasteiger partial charge in [-0.05, 0) is 32.1 Å². The molecule has 3 fully saturated rings. The molecule has 1 saturated carbocycles. The summed E-state index contributed by atoms with van der Waals surface area (Å²) >= 11 is 0. The van der Waals surface area contributed by atoms with Crippen LogP contribution in [0.3, 0.4) is 0 Å². The van der Waals surface area contributed by atoms with E-state index in [0.717, 1.165) is 25.7 Å². The Kier molecular flexibility index (Phi) is 3.28. The lowest BCUT2D eigenvalue weighted by Crippen LogP contribution is -2.66.